The van der Waals surface area contributed by atoms with Crippen molar-refractivity contribution in [2.45, 2.75) is 13.3 Å². The molecule has 6 nitrogen and oxygen atoms in total. The van der Waals surface area contributed by atoms with Gasteiger partial charge in [-0.15, -0.1) is 0 Å². The Kier molecular flexibility index (Phi) is 7.01. The molecule has 0 bridgehead atoms. The zero-order chi connectivity index (χ0) is 16.7. The van der Waals surface area contributed by atoms with E-state index in [4.69, 9.17) is 4.74 Å². The van der Waals surface area contributed by atoms with Crippen molar-refractivity contribution in [3.8, 4) is 0 Å². The van der Waals surface area contributed by atoms with Crippen molar-refractivity contribution in [3.05, 3.63) is 28.2 Å². The number of rotatable bonds is 6. The molecule has 1 aliphatic heterocycles. The van der Waals surface area contributed by atoms with Gasteiger partial charge in [0, 0.05) is 36.3 Å². The number of hydrogen-bond donors (Lipinski definition) is 2. The van der Waals surface area contributed by atoms with Crippen molar-refractivity contribution < 1.29 is 14.3 Å². The third kappa shape index (κ3) is 6.29. The maximum atomic E-state index is 11.9. The molecule has 2 rings (SSSR count). The lowest BCUT2D eigenvalue weighted by atomic mass is 10.2. The summed E-state index contributed by atoms with van der Waals surface area (Å²) in [6.45, 7) is 6.49. The quantitative estimate of drug-likeness (QED) is 0.730. The fraction of sp³-hybridized carbons (Fsp3) is 0.500. The topological polar surface area (TPSA) is 70.7 Å². The Labute approximate surface area is 144 Å². The number of amides is 2. The molecule has 126 valence electrons. The Balaban J connectivity index is 1.68. The first-order valence-electron chi connectivity index (χ1n) is 7.67. The Morgan fingerprint density at radius 1 is 1.26 bits per heavy atom. The van der Waals surface area contributed by atoms with Gasteiger partial charge < -0.3 is 15.4 Å². The smallest absolute Gasteiger partial charge is 0.233 e. The average Bonchev–Trinajstić information content (AvgIpc) is 2.51. The van der Waals surface area contributed by atoms with E-state index in [1.807, 2.05) is 25.1 Å². The number of anilines is 1. The monoisotopic (exact) mass is 383 g/mol. The second-order valence-corrected chi connectivity index (χ2v) is 6.40. The van der Waals surface area contributed by atoms with Crippen LogP contribution in [-0.2, 0) is 14.3 Å². The first kappa shape index (κ1) is 17.9. The summed E-state index contributed by atoms with van der Waals surface area (Å²) in [4.78, 5) is 25.9. The van der Waals surface area contributed by atoms with Gasteiger partial charge in [-0.05, 0) is 30.7 Å². The minimum absolute atomic E-state index is 0.168. The predicted octanol–water partition coefficient (Wildman–Crippen LogP) is 1.53. The summed E-state index contributed by atoms with van der Waals surface area (Å²) in [6.07, 6.45) is -0.168. The molecular formula is C16H22BrN3O3. The van der Waals surface area contributed by atoms with Crippen LogP contribution in [0.4, 0.5) is 5.69 Å². The molecule has 1 heterocycles. The molecule has 2 N–H and O–H groups in total. The summed E-state index contributed by atoms with van der Waals surface area (Å²) in [6, 6.07) is 5.58. The van der Waals surface area contributed by atoms with Gasteiger partial charge in [-0.25, -0.2) is 0 Å². The molecular weight excluding hydrogens is 362 g/mol. The van der Waals surface area contributed by atoms with E-state index in [9.17, 15) is 9.59 Å². The van der Waals surface area contributed by atoms with Gasteiger partial charge in [0.25, 0.3) is 0 Å². The number of benzene rings is 1. The minimum atomic E-state index is -0.306. The fourth-order valence-electron chi connectivity index (χ4n) is 2.35. The summed E-state index contributed by atoms with van der Waals surface area (Å²) < 4.78 is 6.22. The Bertz CT molecular complexity index is 560. The molecule has 2 amide bonds. The molecule has 7 heteroatoms. The van der Waals surface area contributed by atoms with Gasteiger partial charge in [-0.3, -0.25) is 14.5 Å². The second kappa shape index (κ2) is 9.00. The number of ether oxygens (including phenoxy) is 1. The maximum absolute atomic E-state index is 11.9. The molecule has 0 spiro atoms. The van der Waals surface area contributed by atoms with Crippen LogP contribution in [0.1, 0.15) is 12.0 Å². The van der Waals surface area contributed by atoms with Crippen molar-refractivity contribution >= 4 is 33.4 Å². The summed E-state index contributed by atoms with van der Waals surface area (Å²) in [7, 11) is 0. The molecule has 0 aliphatic carbocycles. The summed E-state index contributed by atoms with van der Waals surface area (Å²) in [5, 5.41) is 5.54. The molecule has 1 saturated heterocycles. The Hall–Kier alpha value is -1.44. The van der Waals surface area contributed by atoms with Gasteiger partial charge in [0.2, 0.25) is 11.8 Å². The van der Waals surface area contributed by atoms with Crippen molar-refractivity contribution in [2.75, 3.05) is 44.7 Å². The van der Waals surface area contributed by atoms with Gasteiger partial charge in [0.1, 0.15) is 6.42 Å². The molecule has 0 unspecified atom stereocenters. The molecule has 1 aliphatic rings. The molecule has 1 fully saturated rings. The van der Waals surface area contributed by atoms with Crippen molar-refractivity contribution in [1.82, 2.24) is 10.2 Å². The fourth-order valence-corrected chi connectivity index (χ4v) is 2.82. The molecule has 0 saturated carbocycles. The van der Waals surface area contributed by atoms with Gasteiger partial charge in [0.05, 0.1) is 13.2 Å². The van der Waals surface area contributed by atoms with E-state index in [0.717, 1.165) is 48.6 Å². The van der Waals surface area contributed by atoms with Crippen LogP contribution >= 0.6 is 15.9 Å². The van der Waals surface area contributed by atoms with Crippen LogP contribution in [0.25, 0.3) is 0 Å². The van der Waals surface area contributed by atoms with E-state index >= 15 is 0 Å². The molecule has 1 aromatic rings. The number of nitrogens with one attached hydrogen (secondary N) is 2. The lowest BCUT2D eigenvalue weighted by Crippen LogP contribution is -2.41. The van der Waals surface area contributed by atoms with Crippen LogP contribution in [-0.4, -0.2) is 56.1 Å². The largest absolute Gasteiger partial charge is 0.379 e. The molecule has 23 heavy (non-hydrogen) atoms. The Morgan fingerprint density at radius 2 is 2.00 bits per heavy atom. The zero-order valence-electron chi connectivity index (χ0n) is 13.2. The standard InChI is InChI=1S/C16H22BrN3O3/c1-12-10-13(17)2-3-14(12)19-16(22)11-15(21)18-4-5-20-6-8-23-9-7-20/h2-3,10H,4-9,11H2,1H3,(H,18,21)(H,19,22). The highest BCUT2D eigenvalue weighted by Gasteiger charge is 2.13. The van der Waals surface area contributed by atoms with Gasteiger partial charge in [-0.2, -0.15) is 0 Å². The van der Waals surface area contributed by atoms with E-state index in [1.165, 1.54) is 0 Å². The minimum Gasteiger partial charge on any atom is -0.379 e. The van der Waals surface area contributed by atoms with Crippen LogP contribution in [0.2, 0.25) is 0 Å². The summed E-state index contributed by atoms with van der Waals surface area (Å²) >= 11 is 3.38. The first-order chi connectivity index (χ1) is 11.0. The van der Waals surface area contributed by atoms with Gasteiger partial charge >= 0.3 is 0 Å². The van der Waals surface area contributed by atoms with E-state index in [1.54, 1.807) is 0 Å². The third-order valence-corrected chi connectivity index (χ3v) is 4.13. The number of morpholine rings is 1. The van der Waals surface area contributed by atoms with Crippen molar-refractivity contribution in [1.29, 1.82) is 0 Å². The van der Waals surface area contributed by atoms with Gasteiger partial charge in [0.15, 0.2) is 0 Å². The van der Waals surface area contributed by atoms with Crippen LogP contribution in [0.5, 0.6) is 0 Å². The number of carbonyl (C=O) groups is 2. The summed E-state index contributed by atoms with van der Waals surface area (Å²) in [5.74, 6) is -0.565. The van der Waals surface area contributed by atoms with Crippen LogP contribution in [0.15, 0.2) is 22.7 Å². The highest BCUT2D eigenvalue weighted by atomic mass is 79.9. The van der Waals surface area contributed by atoms with Crippen LogP contribution < -0.4 is 10.6 Å². The van der Waals surface area contributed by atoms with E-state index in [2.05, 4.69) is 31.5 Å². The second-order valence-electron chi connectivity index (χ2n) is 5.49. The number of hydrogen-bond acceptors (Lipinski definition) is 4. The van der Waals surface area contributed by atoms with Crippen molar-refractivity contribution in [3.63, 3.8) is 0 Å². The third-order valence-electron chi connectivity index (χ3n) is 3.64. The van der Waals surface area contributed by atoms with E-state index < -0.39 is 0 Å². The highest BCUT2D eigenvalue weighted by molar-refractivity contribution is 9.10. The normalized spacial score (nSPS) is 15.2. The lowest BCUT2D eigenvalue weighted by Gasteiger charge is -2.26. The average molecular weight is 384 g/mol. The van der Waals surface area contributed by atoms with Gasteiger partial charge in [-0.1, -0.05) is 15.9 Å². The maximum Gasteiger partial charge on any atom is 0.233 e. The Morgan fingerprint density at radius 3 is 2.70 bits per heavy atom. The molecule has 1 aromatic carbocycles. The number of nitrogens with zero attached hydrogens (tertiary/aromatic N) is 1. The first-order valence-corrected chi connectivity index (χ1v) is 8.46. The van der Waals surface area contributed by atoms with Crippen LogP contribution in [0, 0.1) is 6.92 Å². The number of aryl methyl sites for hydroxylation is 1. The van der Waals surface area contributed by atoms with Crippen molar-refractivity contribution in [2.24, 2.45) is 0 Å². The lowest BCUT2D eigenvalue weighted by molar-refractivity contribution is -0.126. The number of halogens is 1. The molecule has 0 radical (unpaired) electrons. The predicted molar refractivity (Wildman–Crippen MR) is 92.4 cm³/mol. The van der Waals surface area contributed by atoms with Crippen LogP contribution in [0.3, 0.4) is 0 Å². The van der Waals surface area contributed by atoms with E-state index in [0.29, 0.717) is 6.54 Å². The zero-order valence-corrected chi connectivity index (χ0v) is 14.8. The molecule has 0 aromatic heterocycles. The highest BCUT2D eigenvalue weighted by Crippen LogP contribution is 2.20. The van der Waals surface area contributed by atoms with E-state index in [-0.39, 0.29) is 18.2 Å². The summed E-state index contributed by atoms with van der Waals surface area (Å²) in [5.41, 5.74) is 1.67. The number of carbonyl (C=O) groups excluding carboxylic acids is 2. The SMILES string of the molecule is Cc1cc(Br)ccc1NC(=O)CC(=O)NCCN1CCOCC1. The molecule has 0 atom stereocenters.